The number of hydrazone groups is 1. The van der Waals surface area contributed by atoms with E-state index in [1.807, 2.05) is 11.4 Å². The van der Waals surface area contributed by atoms with Crippen molar-refractivity contribution in [2.45, 2.75) is 33.3 Å². The molecule has 2 aromatic rings. The maximum absolute atomic E-state index is 11.9. The van der Waals surface area contributed by atoms with Crippen molar-refractivity contribution in [1.29, 1.82) is 0 Å². The number of carbonyl (C=O) groups is 2. The molecule has 130 valence electrons. The highest BCUT2D eigenvalue weighted by Gasteiger charge is 2.19. The van der Waals surface area contributed by atoms with Crippen LogP contribution in [0, 0.1) is 13.8 Å². The van der Waals surface area contributed by atoms with Gasteiger partial charge in [-0.3, -0.25) is 4.79 Å². The zero-order chi connectivity index (χ0) is 17.8. The summed E-state index contributed by atoms with van der Waals surface area (Å²) in [6, 6.07) is 6.11. The predicted octanol–water partition coefficient (Wildman–Crippen LogP) is 2.81. The summed E-state index contributed by atoms with van der Waals surface area (Å²) >= 11 is 1.44. The van der Waals surface area contributed by atoms with Gasteiger partial charge in [0, 0.05) is 23.9 Å². The summed E-state index contributed by atoms with van der Waals surface area (Å²) in [6.07, 6.45) is 0.538. The van der Waals surface area contributed by atoms with Gasteiger partial charge in [0.15, 0.2) is 5.13 Å². The molecule has 0 fully saturated rings. The summed E-state index contributed by atoms with van der Waals surface area (Å²) in [5.74, 6) is -0.727. The SMILES string of the molecule is Cc1ccc(Nc2nc(COC(=O)C3=NNC(=O)CC3)cs2)cc1C. The van der Waals surface area contributed by atoms with Crippen LogP contribution < -0.4 is 10.7 Å². The quantitative estimate of drug-likeness (QED) is 0.802. The Morgan fingerprint density at radius 2 is 2.16 bits per heavy atom. The molecule has 0 unspecified atom stereocenters. The lowest BCUT2D eigenvalue weighted by molar-refractivity contribution is -0.137. The van der Waals surface area contributed by atoms with Gasteiger partial charge in [-0.05, 0) is 37.1 Å². The summed E-state index contributed by atoms with van der Waals surface area (Å²) < 4.78 is 5.20. The molecule has 1 aromatic carbocycles. The second kappa shape index (κ2) is 7.43. The van der Waals surface area contributed by atoms with Crippen LogP contribution in [0.2, 0.25) is 0 Å². The number of esters is 1. The number of rotatable bonds is 5. The van der Waals surface area contributed by atoms with Crippen LogP contribution in [-0.2, 0) is 20.9 Å². The third-order valence-corrected chi connectivity index (χ3v) is 4.61. The molecule has 0 bridgehead atoms. The third-order valence-electron chi connectivity index (χ3n) is 3.80. The fourth-order valence-corrected chi connectivity index (χ4v) is 2.93. The van der Waals surface area contributed by atoms with E-state index < -0.39 is 5.97 Å². The van der Waals surface area contributed by atoms with Crippen molar-refractivity contribution in [3.63, 3.8) is 0 Å². The molecule has 0 saturated heterocycles. The monoisotopic (exact) mass is 358 g/mol. The van der Waals surface area contributed by atoms with E-state index in [0.717, 1.165) is 10.8 Å². The highest BCUT2D eigenvalue weighted by molar-refractivity contribution is 7.13. The molecule has 1 aromatic heterocycles. The minimum absolute atomic E-state index is 0.0664. The number of nitrogens with one attached hydrogen (secondary N) is 2. The lowest BCUT2D eigenvalue weighted by atomic mass is 10.1. The zero-order valence-electron chi connectivity index (χ0n) is 14.0. The summed E-state index contributed by atoms with van der Waals surface area (Å²) in [5, 5.41) is 9.52. The van der Waals surface area contributed by atoms with Gasteiger partial charge in [-0.2, -0.15) is 5.10 Å². The molecule has 2 heterocycles. The third kappa shape index (κ3) is 4.42. The average molecular weight is 358 g/mol. The van der Waals surface area contributed by atoms with Crippen LogP contribution in [0.15, 0.2) is 28.7 Å². The maximum atomic E-state index is 11.9. The number of hydrogen-bond acceptors (Lipinski definition) is 7. The molecule has 2 N–H and O–H groups in total. The Morgan fingerprint density at radius 3 is 2.88 bits per heavy atom. The largest absolute Gasteiger partial charge is 0.455 e. The Kier molecular flexibility index (Phi) is 5.08. The van der Waals surface area contributed by atoms with Gasteiger partial charge >= 0.3 is 5.97 Å². The number of aromatic nitrogens is 1. The first-order chi connectivity index (χ1) is 12.0. The number of aryl methyl sites for hydroxylation is 2. The molecule has 1 aliphatic rings. The number of ether oxygens (including phenoxy) is 1. The standard InChI is InChI=1S/C17H18N4O3S/c1-10-3-4-12(7-11(10)2)18-17-19-13(9-25-17)8-24-16(23)14-5-6-15(22)21-20-14/h3-4,7,9H,5-6,8H2,1-2H3,(H,18,19)(H,21,22). The Bertz CT molecular complexity index is 844. The molecule has 0 saturated carbocycles. The summed E-state index contributed by atoms with van der Waals surface area (Å²) in [6.45, 7) is 4.19. The highest BCUT2D eigenvalue weighted by Crippen LogP contribution is 2.23. The van der Waals surface area contributed by atoms with Gasteiger partial charge in [0.1, 0.15) is 12.3 Å². The number of benzene rings is 1. The molecule has 7 nitrogen and oxygen atoms in total. The normalized spacial score (nSPS) is 13.8. The maximum Gasteiger partial charge on any atom is 0.354 e. The first-order valence-corrected chi connectivity index (χ1v) is 8.70. The van der Waals surface area contributed by atoms with Crippen molar-refractivity contribution in [3.05, 3.63) is 40.4 Å². The summed E-state index contributed by atoms with van der Waals surface area (Å²) in [7, 11) is 0. The Balaban J connectivity index is 1.55. The van der Waals surface area contributed by atoms with Gasteiger partial charge in [0.2, 0.25) is 5.91 Å². The molecule has 25 heavy (non-hydrogen) atoms. The topological polar surface area (TPSA) is 92.7 Å². The van der Waals surface area contributed by atoms with E-state index in [1.165, 1.54) is 22.5 Å². The lowest BCUT2D eigenvalue weighted by Crippen LogP contribution is -2.30. The number of nitrogens with zero attached hydrogens (tertiary/aromatic N) is 2. The summed E-state index contributed by atoms with van der Waals surface area (Å²) in [5.41, 5.74) is 6.56. The number of hydrogen-bond donors (Lipinski definition) is 2. The van der Waals surface area contributed by atoms with Crippen molar-refractivity contribution >= 4 is 39.7 Å². The molecule has 3 rings (SSSR count). The summed E-state index contributed by atoms with van der Waals surface area (Å²) in [4.78, 5) is 27.3. The van der Waals surface area contributed by atoms with Crippen LogP contribution in [-0.4, -0.2) is 22.6 Å². The smallest absolute Gasteiger partial charge is 0.354 e. The lowest BCUT2D eigenvalue weighted by Gasteiger charge is -2.10. The van der Waals surface area contributed by atoms with E-state index in [-0.39, 0.29) is 24.6 Å². The minimum atomic E-state index is -0.531. The second-order valence-corrected chi connectivity index (χ2v) is 6.60. The van der Waals surface area contributed by atoms with E-state index in [2.05, 4.69) is 46.8 Å². The van der Waals surface area contributed by atoms with Crippen molar-refractivity contribution in [3.8, 4) is 0 Å². The van der Waals surface area contributed by atoms with Gasteiger partial charge in [-0.25, -0.2) is 15.2 Å². The Labute approximate surface area is 149 Å². The van der Waals surface area contributed by atoms with Crippen LogP contribution in [0.4, 0.5) is 10.8 Å². The Morgan fingerprint density at radius 1 is 1.32 bits per heavy atom. The Hall–Kier alpha value is -2.74. The molecule has 1 amide bonds. The molecule has 0 radical (unpaired) electrons. The first-order valence-electron chi connectivity index (χ1n) is 7.82. The van der Waals surface area contributed by atoms with Crippen LogP contribution in [0.5, 0.6) is 0 Å². The number of carbonyl (C=O) groups excluding carboxylic acids is 2. The van der Waals surface area contributed by atoms with Crippen LogP contribution in [0.3, 0.4) is 0 Å². The minimum Gasteiger partial charge on any atom is -0.455 e. The fraction of sp³-hybridized carbons (Fsp3) is 0.294. The van der Waals surface area contributed by atoms with Crippen molar-refractivity contribution in [1.82, 2.24) is 10.4 Å². The molecular formula is C17H18N4O3S. The van der Waals surface area contributed by atoms with E-state index in [0.29, 0.717) is 12.1 Å². The van der Waals surface area contributed by atoms with E-state index in [9.17, 15) is 9.59 Å². The van der Waals surface area contributed by atoms with Gasteiger partial charge in [0.25, 0.3) is 0 Å². The van der Waals surface area contributed by atoms with Gasteiger partial charge < -0.3 is 10.1 Å². The average Bonchev–Trinajstić information content (AvgIpc) is 3.04. The highest BCUT2D eigenvalue weighted by atomic mass is 32.1. The zero-order valence-corrected chi connectivity index (χ0v) is 14.8. The molecule has 0 spiro atoms. The molecular weight excluding hydrogens is 340 g/mol. The number of amides is 1. The molecule has 0 atom stereocenters. The van der Waals surface area contributed by atoms with Crippen molar-refractivity contribution in [2.75, 3.05) is 5.32 Å². The van der Waals surface area contributed by atoms with E-state index in [4.69, 9.17) is 4.74 Å². The second-order valence-electron chi connectivity index (χ2n) is 5.74. The van der Waals surface area contributed by atoms with Crippen LogP contribution in [0.25, 0.3) is 0 Å². The van der Waals surface area contributed by atoms with Gasteiger partial charge in [-0.15, -0.1) is 11.3 Å². The number of thiazole rings is 1. The number of anilines is 2. The van der Waals surface area contributed by atoms with E-state index in [1.54, 1.807) is 0 Å². The molecule has 1 aliphatic heterocycles. The van der Waals surface area contributed by atoms with Crippen LogP contribution >= 0.6 is 11.3 Å². The van der Waals surface area contributed by atoms with Gasteiger partial charge in [0.05, 0.1) is 5.69 Å². The molecule has 0 aliphatic carbocycles. The van der Waals surface area contributed by atoms with Crippen molar-refractivity contribution in [2.24, 2.45) is 5.10 Å². The van der Waals surface area contributed by atoms with Crippen molar-refractivity contribution < 1.29 is 14.3 Å². The fourth-order valence-electron chi connectivity index (χ4n) is 2.22. The first kappa shape index (κ1) is 17.1. The van der Waals surface area contributed by atoms with Crippen LogP contribution in [0.1, 0.15) is 29.7 Å². The predicted molar refractivity (Wildman–Crippen MR) is 95.9 cm³/mol. The molecule has 8 heteroatoms. The van der Waals surface area contributed by atoms with Gasteiger partial charge in [-0.1, -0.05) is 6.07 Å². The van der Waals surface area contributed by atoms with E-state index >= 15 is 0 Å².